The fourth-order valence-corrected chi connectivity index (χ4v) is 3.09. The van der Waals surface area contributed by atoms with Gasteiger partial charge in [0.05, 0.1) is 13.2 Å². The third-order valence-electron chi connectivity index (χ3n) is 4.48. The number of carbonyl (C=O) groups is 1. The predicted octanol–water partition coefficient (Wildman–Crippen LogP) is 2.40. The first kappa shape index (κ1) is 17.6. The molecular formula is C18H28N2O3. The van der Waals surface area contributed by atoms with Crippen LogP contribution in [0.15, 0.2) is 18.2 Å². The first-order valence-corrected chi connectivity index (χ1v) is 8.41. The summed E-state index contributed by atoms with van der Waals surface area (Å²) in [7, 11) is 1.67. The minimum absolute atomic E-state index is 0.135. The summed E-state index contributed by atoms with van der Waals surface area (Å²) in [5.41, 5.74) is 2.25. The van der Waals surface area contributed by atoms with Gasteiger partial charge in [-0.15, -0.1) is 0 Å². The second kappa shape index (κ2) is 8.77. The summed E-state index contributed by atoms with van der Waals surface area (Å²) in [5.74, 6) is 1.27. The van der Waals surface area contributed by atoms with Gasteiger partial charge in [-0.05, 0) is 55.7 Å². The van der Waals surface area contributed by atoms with Crippen LogP contribution in [-0.4, -0.2) is 37.4 Å². The topological polar surface area (TPSA) is 70.6 Å². The van der Waals surface area contributed by atoms with Crippen LogP contribution in [0, 0.1) is 12.8 Å². The highest BCUT2D eigenvalue weighted by molar-refractivity contribution is 5.73. The van der Waals surface area contributed by atoms with Crippen molar-refractivity contribution in [3.05, 3.63) is 29.3 Å². The van der Waals surface area contributed by atoms with Crippen LogP contribution in [0.4, 0.5) is 4.79 Å². The third-order valence-corrected chi connectivity index (χ3v) is 4.48. The molecule has 0 aliphatic heterocycles. The third kappa shape index (κ3) is 5.75. The van der Waals surface area contributed by atoms with E-state index in [4.69, 9.17) is 4.74 Å². The lowest BCUT2D eigenvalue weighted by molar-refractivity contribution is 0.101. The van der Waals surface area contributed by atoms with E-state index in [2.05, 4.69) is 16.7 Å². The van der Waals surface area contributed by atoms with Crippen LogP contribution in [0.2, 0.25) is 0 Å². The lowest BCUT2D eigenvalue weighted by Crippen LogP contribution is -2.40. The Balaban J connectivity index is 1.66. The first-order chi connectivity index (χ1) is 11.1. The normalized spacial score (nSPS) is 20.8. The van der Waals surface area contributed by atoms with Crippen LogP contribution in [0.3, 0.4) is 0 Å². The molecule has 0 saturated heterocycles. The quantitative estimate of drug-likeness (QED) is 0.754. The number of hydrogen-bond acceptors (Lipinski definition) is 3. The van der Waals surface area contributed by atoms with Gasteiger partial charge < -0.3 is 20.5 Å². The molecule has 0 radical (unpaired) electrons. The van der Waals surface area contributed by atoms with Gasteiger partial charge in [-0.1, -0.05) is 18.6 Å². The summed E-state index contributed by atoms with van der Waals surface area (Å²) >= 11 is 0. The molecule has 0 spiro atoms. The SMILES string of the molecule is COc1cc(CCNC(=O)NCC2CCCC(O)C2)ccc1C. The summed E-state index contributed by atoms with van der Waals surface area (Å²) in [4.78, 5) is 11.8. The van der Waals surface area contributed by atoms with Crippen LogP contribution in [0.5, 0.6) is 5.75 Å². The Hall–Kier alpha value is -1.75. The zero-order valence-electron chi connectivity index (χ0n) is 14.1. The van der Waals surface area contributed by atoms with Crippen LogP contribution in [0.1, 0.15) is 36.8 Å². The van der Waals surface area contributed by atoms with Crippen LogP contribution < -0.4 is 15.4 Å². The fraction of sp³-hybridized carbons (Fsp3) is 0.611. The van der Waals surface area contributed by atoms with Crippen molar-refractivity contribution in [2.24, 2.45) is 5.92 Å². The van der Waals surface area contributed by atoms with E-state index >= 15 is 0 Å². The van der Waals surface area contributed by atoms with E-state index in [1.165, 1.54) is 0 Å². The number of aliphatic hydroxyl groups is 1. The molecule has 2 amide bonds. The van der Waals surface area contributed by atoms with Crippen LogP contribution in [-0.2, 0) is 6.42 Å². The van der Waals surface area contributed by atoms with E-state index in [0.717, 1.165) is 49.0 Å². The van der Waals surface area contributed by atoms with E-state index in [1.807, 2.05) is 19.1 Å². The van der Waals surface area contributed by atoms with Gasteiger partial charge in [0.1, 0.15) is 5.75 Å². The van der Waals surface area contributed by atoms with Gasteiger partial charge in [-0.3, -0.25) is 0 Å². The van der Waals surface area contributed by atoms with Crippen molar-refractivity contribution in [2.75, 3.05) is 20.2 Å². The Morgan fingerprint density at radius 2 is 2.17 bits per heavy atom. The molecule has 1 aromatic rings. The Morgan fingerprint density at radius 3 is 2.91 bits per heavy atom. The van der Waals surface area contributed by atoms with Crippen LogP contribution >= 0.6 is 0 Å². The number of carbonyl (C=O) groups excluding carboxylic acids is 1. The Kier molecular flexibility index (Phi) is 6.71. The number of methoxy groups -OCH3 is 1. The van der Waals surface area contributed by atoms with Crippen molar-refractivity contribution in [1.82, 2.24) is 10.6 Å². The second-order valence-electron chi connectivity index (χ2n) is 6.38. The van der Waals surface area contributed by atoms with Gasteiger partial charge in [0.25, 0.3) is 0 Å². The molecule has 0 heterocycles. The summed E-state index contributed by atoms with van der Waals surface area (Å²) in [6.07, 6.45) is 4.39. The summed E-state index contributed by atoms with van der Waals surface area (Å²) < 4.78 is 5.31. The maximum atomic E-state index is 11.8. The average molecular weight is 320 g/mol. The number of aliphatic hydroxyl groups excluding tert-OH is 1. The Morgan fingerprint density at radius 1 is 1.35 bits per heavy atom. The monoisotopic (exact) mass is 320 g/mol. The highest BCUT2D eigenvalue weighted by Gasteiger charge is 2.20. The molecule has 1 aliphatic rings. The number of hydrogen-bond donors (Lipinski definition) is 3. The number of amides is 2. The summed E-state index contributed by atoms with van der Waals surface area (Å²) in [6, 6.07) is 5.96. The van der Waals surface area contributed by atoms with Crippen molar-refractivity contribution in [2.45, 2.75) is 45.1 Å². The lowest BCUT2D eigenvalue weighted by atomic mass is 9.87. The summed E-state index contributed by atoms with van der Waals surface area (Å²) in [6.45, 7) is 3.24. The molecule has 1 fully saturated rings. The molecule has 2 atom stereocenters. The maximum absolute atomic E-state index is 11.8. The molecule has 5 nitrogen and oxygen atoms in total. The minimum atomic E-state index is -0.199. The molecule has 128 valence electrons. The number of urea groups is 1. The highest BCUT2D eigenvalue weighted by Crippen LogP contribution is 2.23. The summed E-state index contributed by atoms with van der Waals surface area (Å²) in [5, 5.41) is 15.4. The van der Waals surface area contributed by atoms with Gasteiger partial charge in [-0.2, -0.15) is 0 Å². The Bertz CT molecular complexity index is 519. The molecular weight excluding hydrogens is 292 g/mol. The van der Waals surface area contributed by atoms with E-state index in [-0.39, 0.29) is 12.1 Å². The predicted molar refractivity (Wildman–Crippen MR) is 90.8 cm³/mol. The number of aryl methyl sites for hydroxylation is 1. The number of nitrogens with one attached hydrogen (secondary N) is 2. The molecule has 1 aromatic carbocycles. The van der Waals surface area contributed by atoms with E-state index in [0.29, 0.717) is 19.0 Å². The standard InChI is InChI=1S/C18H28N2O3/c1-13-6-7-14(11-17(13)23-2)8-9-19-18(22)20-12-15-4-3-5-16(21)10-15/h6-7,11,15-16,21H,3-5,8-10,12H2,1-2H3,(H2,19,20,22). The largest absolute Gasteiger partial charge is 0.496 e. The van der Waals surface area contributed by atoms with Gasteiger partial charge in [-0.25, -0.2) is 4.79 Å². The minimum Gasteiger partial charge on any atom is -0.496 e. The van der Waals surface area contributed by atoms with E-state index < -0.39 is 0 Å². The Labute approximate surface area is 138 Å². The average Bonchev–Trinajstić information content (AvgIpc) is 2.54. The molecule has 5 heteroatoms. The van der Waals surface area contributed by atoms with Gasteiger partial charge in [0.15, 0.2) is 0 Å². The molecule has 2 rings (SSSR count). The van der Waals surface area contributed by atoms with Crippen molar-refractivity contribution < 1.29 is 14.6 Å². The van der Waals surface area contributed by atoms with E-state index in [1.54, 1.807) is 7.11 Å². The molecule has 2 unspecified atom stereocenters. The van der Waals surface area contributed by atoms with Crippen molar-refractivity contribution in [1.29, 1.82) is 0 Å². The van der Waals surface area contributed by atoms with Gasteiger partial charge in [0.2, 0.25) is 0 Å². The molecule has 0 aromatic heterocycles. The molecule has 3 N–H and O–H groups in total. The molecule has 0 bridgehead atoms. The zero-order valence-corrected chi connectivity index (χ0v) is 14.1. The molecule has 1 aliphatic carbocycles. The lowest BCUT2D eigenvalue weighted by Gasteiger charge is -2.25. The number of ether oxygens (including phenoxy) is 1. The zero-order chi connectivity index (χ0) is 16.7. The van der Waals surface area contributed by atoms with Crippen molar-refractivity contribution >= 4 is 6.03 Å². The van der Waals surface area contributed by atoms with Gasteiger partial charge >= 0.3 is 6.03 Å². The van der Waals surface area contributed by atoms with Crippen molar-refractivity contribution in [3.63, 3.8) is 0 Å². The number of benzene rings is 1. The fourth-order valence-electron chi connectivity index (χ4n) is 3.09. The number of rotatable bonds is 6. The first-order valence-electron chi connectivity index (χ1n) is 8.41. The van der Waals surface area contributed by atoms with E-state index in [9.17, 15) is 9.90 Å². The van der Waals surface area contributed by atoms with Crippen molar-refractivity contribution in [3.8, 4) is 5.75 Å². The smallest absolute Gasteiger partial charge is 0.314 e. The molecule has 1 saturated carbocycles. The second-order valence-corrected chi connectivity index (χ2v) is 6.38. The van der Waals surface area contributed by atoms with Crippen LogP contribution in [0.25, 0.3) is 0 Å². The maximum Gasteiger partial charge on any atom is 0.314 e. The molecule has 23 heavy (non-hydrogen) atoms. The highest BCUT2D eigenvalue weighted by atomic mass is 16.5. The van der Waals surface area contributed by atoms with Gasteiger partial charge in [0, 0.05) is 13.1 Å².